The van der Waals surface area contributed by atoms with Gasteiger partial charge in [-0.25, -0.2) is 9.97 Å². The Morgan fingerprint density at radius 2 is 2.22 bits per heavy atom. The molecule has 0 aliphatic carbocycles. The smallest absolute Gasteiger partial charge is 0.255 e. The predicted octanol–water partition coefficient (Wildman–Crippen LogP) is 3.28. The van der Waals surface area contributed by atoms with Crippen molar-refractivity contribution in [2.24, 2.45) is 0 Å². The highest BCUT2D eigenvalue weighted by atomic mass is 32.1. The number of carbonyl (C=O) groups excluding carboxylic acids is 1. The molecule has 1 amide bonds. The molecule has 3 aromatic rings. The van der Waals surface area contributed by atoms with Gasteiger partial charge in [0, 0.05) is 36.8 Å². The predicted molar refractivity (Wildman–Crippen MR) is 102 cm³/mol. The molecule has 1 fully saturated rings. The summed E-state index contributed by atoms with van der Waals surface area (Å²) in [6, 6.07) is 9.12. The van der Waals surface area contributed by atoms with E-state index < -0.39 is 0 Å². The summed E-state index contributed by atoms with van der Waals surface area (Å²) in [5, 5.41) is 11.3. The van der Waals surface area contributed by atoms with Gasteiger partial charge in [0.15, 0.2) is 0 Å². The highest BCUT2D eigenvalue weighted by Crippen LogP contribution is 2.27. The maximum Gasteiger partial charge on any atom is 0.255 e. The molecule has 7 heteroatoms. The number of rotatable bonds is 4. The average Bonchev–Trinajstić information content (AvgIpc) is 3.40. The largest absolute Gasteiger partial charge is 0.338 e. The van der Waals surface area contributed by atoms with Crippen molar-refractivity contribution in [2.45, 2.75) is 25.3 Å². The molecule has 0 N–H and O–H groups in total. The van der Waals surface area contributed by atoms with Crippen molar-refractivity contribution in [3.05, 3.63) is 70.2 Å². The van der Waals surface area contributed by atoms with E-state index in [1.807, 2.05) is 28.2 Å². The van der Waals surface area contributed by atoms with Crippen molar-refractivity contribution in [2.75, 3.05) is 13.1 Å². The molecule has 1 atom stereocenters. The van der Waals surface area contributed by atoms with E-state index in [1.54, 1.807) is 35.6 Å². The van der Waals surface area contributed by atoms with Crippen LogP contribution in [0.4, 0.5) is 0 Å². The van der Waals surface area contributed by atoms with Crippen LogP contribution >= 0.6 is 11.3 Å². The number of nitriles is 1. The van der Waals surface area contributed by atoms with Crippen LogP contribution < -0.4 is 0 Å². The van der Waals surface area contributed by atoms with E-state index in [1.165, 1.54) is 0 Å². The fourth-order valence-electron chi connectivity index (χ4n) is 3.61. The lowest BCUT2D eigenvalue weighted by Gasteiger charge is -2.33. The molecule has 1 aliphatic heterocycles. The lowest BCUT2D eigenvalue weighted by atomic mass is 9.96. The number of carbonyl (C=O) groups is 1. The molecular formula is C20H19N5OS. The van der Waals surface area contributed by atoms with Crippen molar-refractivity contribution in [1.29, 1.82) is 5.26 Å². The topological polar surface area (TPSA) is 74.8 Å². The molecule has 4 rings (SSSR count). The van der Waals surface area contributed by atoms with Crippen LogP contribution in [0.25, 0.3) is 0 Å². The zero-order chi connectivity index (χ0) is 18.6. The first kappa shape index (κ1) is 17.4. The Morgan fingerprint density at radius 3 is 3.04 bits per heavy atom. The maximum absolute atomic E-state index is 13.0. The molecule has 27 heavy (non-hydrogen) atoms. The van der Waals surface area contributed by atoms with Gasteiger partial charge in [-0.1, -0.05) is 12.1 Å². The van der Waals surface area contributed by atoms with Gasteiger partial charge in [0.25, 0.3) is 5.91 Å². The van der Waals surface area contributed by atoms with Crippen LogP contribution in [0.1, 0.15) is 46.2 Å². The Labute approximate surface area is 161 Å². The molecule has 0 spiro atoms. The van der Waals surface area contributed by atoms with Crippen LogP contribution in [0.15, 0.2) is 47.5 Å². The van der Waals surface area contributed by atoms with Crippen molar-refractivity contribution < 1.29 is 4.79 Å². The molecule has 0 saturated carbocycles. The second-order valence-electron chi connectivity index (χ2n) is 6.64. The van der Waals surface area contributed by atoms with E-state index >= 15 is 0 Å². The number of hydrogen-bond acceptors (Lipinski definition) is 5. The molecule has 3 heterocycles. The van der Waals surface area contributed by atoms with Crippen LogP contribution in [0, 0.1) is 11.3 Å². The monoisotopic (exact) mass is 377 g/mol. The number of thiazole rings is 1. The first-order valence-electron chi connectivity index (χ1n) is 8.92. The van der Waals surface area contributed by atoms with Crippen LogP contribution in [-0.2, 0) is 6.54 Å². The van der Waals surface area contributed by atoms with Crippen LogP contribution in [0.3, 0.4) is 0 Å². The van der Waals surface area contributed by atoms with E-state index in [0.29, 0.717) is 30.8 Å². The van der Waals surface area contributed by atoms with Crippen molar-refractivity contribution >= 4 is 17.2 Å². The Hall–Kier alpha value is -2.98. The second-order valence-corrected chi connectivity index (χ2v) is 7.36. The number of hydrogen-bond donors (Lipinski definition) is 0. The van der Waals surface area contributed by atoms with Gasteiger partial charge < -0.3 is 9.47 Å². The molecule has 0 radical (unpaired) electrons. The Morgan fingerprint density at radius 1 is 1.33 bits per heavy atom. The van der Waals surface area contributed by atoms with Gasteiger partial charge >= 0.3 is 0 Å². The molecule has 6 nitrogen and oxygen atoms in total. The number of aromatic nitrogens is 3. The lowest BCUT2D eigenvalue weighted by molar-refractivity contribution is 0.0703. The third-order valence-electron chi connectivity index (χ3n) is 4.92. The standard InChI is InChI=1S/C20H19N5OS/c21-10-15-4-1-2-6-18(15)20(26)25-8-3-5-16(11-25)19-22-7-9-24(19)12-17-13-27-14-23-17/h1-2,4,6-7,9,13-14,16H,3,5,8,11-12H2/t16-/m0/s1. The molecule has 2 aromatic heterocycles. The zero-order valence-corrected chi connectivity index (χ0v) is 15.6. The summed E-state index contributed by atoms with van der Waals surface area (Å²) < 4.78 is 2.12. The fraction of sp³-hybridized carbons (Fsp3) is 0.300. The molecule has 1 aliphatic rings. The number of likely N-dealkylation sites (tertiary alicyclic amines) is 1. The third kappa shape index (κ3) is 3.62. The van der Waals surface area contributed by atoms with E-state index in [9.17, 15) is 10.1 Å². The number of benzene rings is 1. The van der Waals surface area contributed by atoms with Crippen molar-refractivity contribution in [1.82, 2.24) is 19.4 Å². The first-order valence-corrected chi connectivity index (χ1v) is 9.87. The Balaban J connectivity index is 1.53. The van der Waals surface area contributed by atoms with Gasteiger partial charge in [-0.05, 0) is 25.0 Å². The van der Waals surface area contributed by atoms with Crippen LogP contribution in [-0.4, -0.2) is 38.4 Å². The van der Waals surface area contributed by atoms with Gasteiger partial charge in [-0.15, -0.1) is 11.3 Å². The highest BCUT2D eigenvalue weighted by Gasteiger charge is 2.29. The lowest BCUT2D eigenvalue weighted by Crippen LogP contribution is -2.40. The molecule has 1 saturated heterocycles. The highest BCUT2D eigenvalue weighted by molar-refractivity contribution is 7.07. The van der Waals surface area contributed by atoms with Gasteiger partial charge in [0.2, 0.25) is 0 Å². The number of imidazole rings is 1. The summed E-state index contributed by atoms with van der Waals surface area (Å²) in [6.07, 6.45) is 5.71. The van der Waals surface area contributed by atoms with Crippen LogP contribution in [0.2, 0.25) is 0 Å². The van der Waals surface area contributed by atoms with E-state index in [0.717, 1.165) is 24.4 Å². The minimum atomic E-state index is -0.0746. The van der Waals surface area contributed by atoms with E-state index in [2.05, 4.69) is 20.6 Å². The van der Waals surface area contributed by atoms with Crippen molar-refractivity contribution in [3.8, 4) is 6.07 Å². The van der Waals surface area contributed by atoms with Gasteiger partial charge in [0.1, 0.15) is 5.82 Å². The quantitative estimate of drug-likeness (QED) is 0.699. The zero-order valence-electron chi connectivity index (χ0n) is 14.8. The first-order chi connectivity index (χ1) is 13.3. The Kier molecular flexibility index (Phi) is 4.99. The minimum absolute atomic E-state index is 0.0746. The molecule has 0 unspecified atom stereocenters. The average molecular weight is 377 g/mol. The second kappa shape index (κ2) is 7.72. The summed E-state index contributed by atoms with van der Waals surface area (Å²) >= 11 is 1.58. The van der Waals surface area contributed by atoms with E-state index in [4.69, 9.17) is 0 Å². The minimum Gasteiger partial charge on any atom is -0.338 e. The third-order valence-corrected chi connectivity index (χ3v) is 5.55. The number of piperidine rings is 1. The summed E-state index contributed by atoms with van der Waals surface area (Å²) in [5.74, 6) is 1.11. The Bertz CT molecular complexity index is 972. The van der Waals surface area contributed by atoms with Gasteiger partial charge in [-0.3, -0.25) is 4.79 Å². The molecule has 0 bridgehead atoms. The van der Waals surface area contributed by atoms with Crippen molar-refractivity contribution in [3.63, 3.8) is 0 Å². The van der Waals surface area contributed by atoms with E-state index in [-0.39, 0.29) is 11.8 Å². The van der Waals surface area contributed by atoms with Crippen LogP contribution in [0.5, 0.6) is 0 Å². The van der Waals surface area contributed by atoms with Gasteiger partial charge in [0.05, 0.1) is 34.9 Å². The normalized spacial score (nSPS) is 16.9. The summed E-state index contributed by atoms with van der Waals surface area (Å²) in [4.78, 5) is 23.8. The summed E-state index contributed by atoms with van der Waals surface area (Å²) in [6.45, 7) is 2.02. The summed E-state index contributed by atoms with van der Waals surface area (Å²) in [5.41, 5.74) is 3.76. The van der Waals surface area contributed by atoms with Gasteiger partial charge in [-0.2, -0.15) is 5.26 Å². The molecular weight excluding hydrogens is 358 g/mol. The number of amides is 1. The summed E-state index contributed by atoms with van der Waals surface area (Å²) in [7, 11) is 0. The maximum atomic E-state index is 13.0. The molecule has 1 aromatic carbocycles. The number of nitrogens with zero attached hydrogens (tertiary/aromatic N) is 5. The molecule has 136 valence electrons. The SMILES string of the molecule is N#Cc1ccccc1C(=O)N1CCC[C@H](c2nccn2Cc2cscn2)C1. The fourth-order valence-corrected chi connectivity index (χ4v) is 4.16.